The van der Waals surface area contributed by atoms with Crippen molar-refractivity contribution in [1.82, 2.24) is 0 Å². The Balaban J connectivity index is 1.70. The van der Waals surface area contributed by atoms with Crippen LogP contribution in [-0.4, -0.2) is 0 Å². The summed E-state index contributed by atoms with van der Waals surface area (Å²) in [6.07, 6.45) is 6.66. The molecule has 1 aliphatic carbocycles. The van der Waals surface area contributed by atoms with E-state index in [-0.39, 0.29) is 5.82 Å². The molecule has 3 rings (SSSR count). The summed E-state index contributed by atoms with van der Waals surface area (Å²) < 4.78 is 13.3. The van der Waals surface area contributed by atoms with Crippen molar-refractivity contribution in [3.63, 3.8) is 0 Å². The van der Waals surface area contributed by atoms with E-state index in [0.29, 0.717) is 0 Å². The number of aryl methyl sites for hydroxylation is 1. The fourth-order valence-electron chi connectivity index (χ4n) is 3.68. The second-order valence-corrected chi connectivity index (χ2v) is 6.80. The first kappa shape index (κ1) is 16.7. The van der Waals surface area contributed by atoms with Gasteiger partial charge in [-0.2, -0.15) is 0 Å². The molecule has 24 heavy (non-hydrogen) atoms. The number of fused-ring (bicyclic) bond motifs is 1. The van der Waals surface area contributed by atoms with Gasteiger partial charge in [0, 0.05) is 0 Å². The molecule has 124 valence electrons. The normalized spacial score (nSPS) is 13.4. The standard InChI is InChI=1S/C23H25F/c1-16(20-8-6-9-21(24)15-20)11-12-17(2)22-14-13-19-7-4-5-10-23(19)18(22)3/h6,8-9,13-15H,1-2,4-5,7,10-12H2,3H3. The van der Waals surface area contributed by atoms with Crippen LogP contribution in [0.5, 0.6) is 0 Å². The first-order valence-electron chi connectivity index (χ1n) is 8.79. The molecule has 0 radical (unpaired) electrons. The van der Waals surface area contributed by atoms with Gasteiger partial charge in [-0.15, -0.1) is 0 Å². The Bertz CT molecular complexity index is 783. The summed E-state index contributed by atoms with van der Waals surface area (Å²) >= 11 is 0. The third-order valence-corrected chi connectivity index (χ3v) is 5.16. The van der Waals surface area contributed by atoms with Crippen molar-refractivity contribution >= 4 is 11.1 Å². The molecule has 1 heteroatoms. The van der Waals surface area contributed by atoms with Gasteiger partial charge >= 0.3 is 0 Å². The molecule has 0 fully saturated rings. The van der Waals surface area contributed by atoms with E-state index in [0.717, 1.165) is 29.6 Å². The summed E-state index contributed by atoms with van der Waals surface area (Å²) in [7, 11) is 0. The number of hydrogen-bond acceptors (Lipinski definition) is 0. The first-order chi connectivity index (χ1) is 11.6. The molecule has 0 amide bonds. The molecule has 0 spiro atoms. The van der Waals surface area contributed by atoms with E-state index in [1.165, 1.54) is 54.0 Å². The summed E-state index contributed by atoms with van der Waals surface area (Å²) in [5.74, 6) is -0.210. The van der Waals surface area contributed by atoms with E-state index in [4.69, 9.17) is 0 Å². The highest BCUT2D eigenvalue weighted by molar-refractivity contribution is 5.71. The Labute approximate surface area is 144 Å². The van der Waals surface area contributed by atoms with Gasteiger partial charge in [-0.3, -0.25) is 0 Å². The molecule has 0 aromatic heterocycles. The lowest BCUT2D eigenvalue weighted by molar-refractivity contribution is 0.627. The van der Waals surface area contributed by atoms with Crippen molar-refractivity contribution < 1.29 is 4.39 Å². The molecule has 0 bridgehead atoms. The molecular weight excluding hydrogens is 295 g/mol. The van der Waals surface area contributed by atoms with Crippen LogP contribution in [0.4, 0.5) is 4.39 Å². The van der Waals surface area contributed by atoms with Gasteiger partial charge in [-0.1, -0.05) is 37.4 Å². The molecule has 0 aliphatic heterocycles. The minimum absolute atomic E-state index is 0.210. The van der Waals surface area contributed by atoms with Crippen molar-refractivity contribution in [1.29, 1.82) is 0 Å². The molecule has 0 unspecified atom stereocenters. The van der Waals surface area contributed by atoms with E-state index in [9.17, 15) is 4.39 Å². The number of hydrogen-bond donors (Lipinski definition) is 0. The van der Waals surface area contributed by atoms with Crippen molar-refractivity contribution in [2.75, 3.05) is 0 Å². The quantitative estimate of drug-likeness (QED) is 0.588. The third kappa shape index (κ3) is 3.51. The van der Waals surface area contributed by atoms with Crippen molar-refractivity contribution in [3.8, 4) is 0 Å². The summed E-state index contributed by atoms with van der Waals surface area (Å²) in [6.45, 7) is 10.6. The SMILES string of the molecule is C=C(CCC(=C)c1ccc2c(c1C)CCCC2)c1cccc(F)c1. The summed E-state index contributed by atoms with van der Waals surface area (Å²) in [5.41, 5.74) is 8.72. The van der Waals surface area contributed by atoms with Crippen LogP contribution in [0.25, 0.3) is 11.1 Å². The van der Waals surface area contributed by atoms with E-state index < -0.39 is 0 Å². The molecule has 0 heterocycles. The zero-order valence-electron chi connectivity index (χ0n) is 14.5. The average Bonchev–Trinajstić information content (AvgIpc) is 2.60. The Morgan fingerprint density at radius 2 is 1.75 bits per heavy atom. The van der Waals surface area contributed by atoms with Crippen LogP contribution in [0, 0.1) is 12.7 Å². The third-order valence-electron chi connectivity index (χ3n) is 5.16. The van der Waals surface area contributed by atoms with Crippen molar-refractivity contribution in [2.45, 2.75) is 45.4 Å². The van der Waals surface area contributed by atoms with Crippen LogP contribution >= 0.6 is 0 Å². The molecule has 0 saturated carbocycles. The molecule has 0 atom stereocenters. The fourth-order valence-corrected chi connectivity index (χ4v) is 3.68. The Hall–Kier alpha value is -2.15. The van der Waals surface area contributed by atoms with Crippen LogP contribution < -0.4 is 0 Å². The highest BCUT2D eigenvalue weighted by atomic mass is 19.1. The van der Waals surface area contributed by atoms with Gasteiger partial charge in [-0.25, -0.2) is 4.39 Å². The highest BCUT2D eigenvalue weighted by Crippen LogP contribution is 2.32. The van der Waals surface area contributed by atoms with Crippen LogP contribution in [0.3, 0.4) is 0 Å². The van der Waals surface area contributed by atoms with Gasteiger partial charge < -0.3 is 0 Å². The predicted molar refractivity (Wildman–Crippen MR) is 102 cm³/mol. The number of allylic oxidation sites excluding steroid dienone is 2. The smallest absolute Gasteiger partial charge is 0.123 e. The van der Waals surface area contributed by atoms with Gasteiger partial charge in [0.15, 0.2) is 0 Å². The van der Waals surface area contributed by atoms with E-state index >= 15 is 0 Å². The maximum atomic E-state index is 13.3. The zero-order chi connectivity index (χ0) is 17.1. The summed E-state index contributed by atoms with van der Waals surface area (Å²) in [4.78, 5) is 0. The molecule has 0 nitrogen and oxygen atoms in total. The van der Waals surface area contributed by atoms with E-state index in [1.807, 2.05) is 6.07 Å². The Kier molecular flexibility index (Phi) is 4.99. The molecule has 1 aliphatic rings. The molecule has 0 N–H and O–H groups in total. The van der Waals surface area contributed by atoms with Crippen LogP contribution in [0.1, 0.15) is 53.5 Å². The lowest BCUT2D eigenvalue weighted by atomic mass is 9.84. The topological polar surface area (TPSA) is 0 Å². The lowest BCUT2D eigenvalue weighted by Crippen LogP contribution is -2.06. The van der Waals surface area contributed by atoms with Gasteiger partial charge in [0.05, 0.1) is 0 Å². The molecule has 2 aromatic carbocycles. The maximum absolute atomic E-state index is 13.3. The van der Waals surface area contributed by atoms with Gasteiger partial charge in [0.2, 0.25) is 0 Å². The zero-order valence-corrected chi connectivity index (χ0v) is 14.5. The van der Waals surface area contributed by atoms with Crippen LogP contribution in [0.2, 0.25) is 0 Å². The number of benzene rings is 2. The second kappa shape index (κ2) is 7.17. The van der Waals surface area contributed by atoms with Crippen LogP contribution in [-0.2, 0) is 12.8 Å². The largest absolute Gasteiger partial charge is 0.207 e. The molecule has 2 aromatic rings. The van der Waals surface area contributed by atoms with Crippen molar-refractivity contribution in [2.24, 2.45) is 0 Å². The number of halogens is 1. The van der Waals surface area contributed by atoms with E-state index in [1.54, 1.807) is 12.1 Å². The van der Waals surface area contributed by atoms with Crippen LogP contribution in [0.15, 0.2) is 49.6 Å². The fraction of sp³-hybridized carbons (Fsp3) is 0.304. The minimum atomic E-state index is -0.210. The minimum Gasteiger partial charge on any atom is -0.207 e. The molecule has 0 saturated heterocycles. The summed E-state index contributed by atoms with van der Waals surface area (Å²) in [5, 5.41) is 0. The van der Waals surface area contributed by atoms with Gasteiger partial charge in [0.1, 0.15) is 5.82 Å². The average molecular weight is 320 g/mol. The Morgan fingerprint density at radius 1 is 1.00 bits per heavy atom. The Morgan fingerprint density at radius 3 is 2.54 bits per heavy atom. The molecular formula is C23H25F. The summed E-state index contributed by atoms with van der Waals surface area (Å²) in [6, 6.07) is 11.2. The lowest BCUT2D eigenvalue weighted by Gasteiger charge is -2.21. The maximum Gasteiger partial charge on any atom is 0.123 e. The number of rotatable bonds is 5. The van der Waals surface area contributed by atoms with Gasteiger partial charge in [-0.05, 0) is 96.5 Å². The van der Waals surface area contributed by atoms with Gasteiger partial charge in [0.25, 0.3) is 0 Å². The van der Waals surface area contributed by atoms with Crippen molar-refractivity contribution in [3.05, 3.63) is 83.2 Å². The second-order valence-electron chi connectivity index (χ2n) is 6.80. The first-order valence-corrected chi connectivity index (χ1v) is 8.79. The predicted octanol–water partition coefficient (Wildman–Crippen LogP) is 6.52. The highest BCUT2D eigenvalue weighted by Gasteiger charge is 2.15. The van der Waals surface area contributed by atoms with E-state index in [2.05, 4.69) is 32.2 Å². The monoisotopic (exact) mass is 320 g/mol.